The Morgan fingerprint density at radius 3 is 2.72 bits per heavy atom. The van der Waals surface area contributed by atoms with Crippen LogP contribution in [0.4, 0.5) is 11.6 Å². The fraction of sp³-hybridized carbons (Fsp3) is 0.600. The van der Waals surface area contributed by atoms with Gasteiger partial charge in [-0.2, -0.15) is 0 Å². The third kappa shape index (κ3) is 4.84. The molecule has 0 spiro atoms. The minimum atomic E-state index is -3.40. The summed E-state index contributed by atoms with van der Waals surface area (Å²) in [4.78, 5) is 8.05. The summed E-state index contributed by atoms with van der Waals surface area (Å²) >= 11 is 0. The van der Waals surface area contributed by atoms with Crippen LogP contribution in [0.3, 0.4) is 0 Å². The first-order chi connectivity index (χ1) is 8.44. The van der Waals surface area contributed by atoms with E-state index < -0.39 is 10.0 Å². The lowest BCUT2D eigenvalue weighted by Gasteiger charge is -2.11. The fourth-order valence-electron chi connectivity index (χ4n) is 1.55. The quantitative estimate of drug-likeness (QED) is 0.605. The van der Waals surface area contributed by atoms with E-state index in [9.17, 15) is 8.42 Å². The smallest absolute Gasteiger partial charge is 0.209 e. The van der Waals surface area contributed by atoms with Gasteiger partial charge < -0.3 is 11.1 Å². The summed E-state index contributed by atoms with van der Waals surface area (Å²) < 4.78 is 21.5. The van der Waals surface area contributed by atoms with Crippen LogP contribution in [0.5, 0.6) is 0 Å². The van der Waals surface area contributed by atoms with Crippen LogP contribution in [0.1, 0.15) is 25.3 Å². The van der Waals surface area contributed by atoms with Crippen LogP contribution in [0.15, 0.2) is 6.33 Å². The summed E-state index contributed by atoms with van der Waals surface area (Å²) in [5, 5.41) is 7.98. The minimum Gasteiger partial charge on any atom is -0.383 e. The topological polar surface area (TPSA) is 124 Å². The molecule has 18 heavy (non-hydrogen) atoms. The van der Waals surface area contributed by atoms with Gasteiger partial charge in [0.1, 0.15) is 18.0 Å². The lowest BCUT2D eigenvalue weighted by atomic mass is 10.1. The molecule has 8 heteroatoms. The van der Waals surface area contributed by atoms with Gasteiger partial charge in [-0.15, -0.1) is 0 Å². The molecule has 1 heterocycles. The van der Waals surface area contributed by atoms with Gasteiger partial charge in [-0.25, -0.2) is 23.5 Å². The molecule has 0 aromatic carbocycles. The minimum absolute atomic E-state index is 0.0519. The Labute approximate surface area is 107 Å². The Balaban J connectivity index is 2.59. The average Bonchev–Trinajstić information content (AvgIpc) is 2.27. The molecule has 102 valence electrons. The number of primary sulfonamides is 1. The predicted octanol–water partition coefficient (Wildman–Crippen LogP) is 0.102. The van der Waals surface area contributed by atoms with Crippen molar-refractivity contribution in [3.8, 4) is 0 Å². The Morgan fingerprint density at radius 2 is 2.11 bits per heavy atom. The number of anilines is 2. The summed E-state index contributed by atoms with van der Waals surface area (Å²) in [6.07, 6.45) is 3.53. The van der Waals surface area contributed by atoms with Crippen molar-refractivity contribution in [3.63, 3.8) is 0 Å². The highest BCUT2D eigenvalue weighted by atomic mass is 32.2. The number of aromatic nitrogens is 2. The van der Waals surface area contributed by atoms with Crippen LogP contribution < -0.4 is 16.2 Å². The second kappa shape index (κ2) is 6.50. The van der Waals surface area contributed by atoms with Gasteiger partial charge in [-0.3, -0.25) is 0 Å². The third-order valence-corrected chi connectivity index (χ3v) is 3.23. The molecule has 0 aliphatic heterocycles. The fourth-order valence-corrected chi connectivity index (χ4v) is 2.10. The van der Waals surface area contributed by atoms with Crippen LogP contribution in [-0.2, 0) is 16.4 Å². The molecule has 0 saturated heterocycles. The van der Waals surface area contributed by atoms with Gasteiger partial charge in [-0.05, 0) is 12.8 Å². The van der Waals surface area contributed by atoms with Gasteiger partial charge in [-0.1, -0.05) is 13.3 Å². The van der Waals surface area contributed by atoms with Crippen LogP contribution in [0, 0.1) is 0 Å². The molecule has 0 fully saturated rings. The molecule has 0 bridgehead atoms. The van der Waals surface area contributed by atoms with Gasteiger partial charge in [0.05, 0.1) is 5.75 Å². The molecule has 0 amide bonds. The number of hydrogen-bond donors (Lipinski definition) is 3. The van der Waals surface area contributed by atoms with Gasteiger partial charge in [0.15, 0.2) is 0 Å². The molecule has 1 aromatic rings. The normalized spacial score (nSPS) is 11.4. The molecule has 0 unspecified atom stereocenters. The summed E-state index contributed by atoms with van der Waals surface area (Å²) in [6.45, 7) is 2.51. The summed E-state index contributed by atoms with van der Waals surface area (Å²) in [7, 11) is -3.40. The number of hydrogen-bond acceptors (Lipinski definition) is 6. The zero-order valence-corrected chi connectivity index (χ0v) is 11.2. The zero-order chi connectivity index (χ0) is 13.6. The monoisotopic (exact) mass is 273 g/mol. The molecule has 1 aromatic heterocycles. The van der Waals surface area contributed by atoms with E-state index in [2.05, 4.69) is 15.3 Å². The van der Waals surface area contributed by atoms with Crippen molar-refractivity contribution in [2.75, 3.05) is 23.3 Å². The van der Waals surface area contributed by atoms with E-state index in [4.69, 9.17) is 10.9 Å². The lowest BCUT2D eigenvalue weighted by Crippen LogP contribution is -2.19. The maximum Gasteiger partial charge on any atom is 0.209 e. The maximum atomic E-state index is 10.8. The molecule has 0 aliphatic rings. The number of rotatable bonds is 7. The number of nitrogens with one attached hydrogen (secondary N) is 1. The zero-order valence-electron chi connectivity index (χ0n) is 10.4. The summed E-state index contributed by atoms with van der Waals surface area (Å²) in [6, 6.07) is 0. The number of sulfonamides is 1. The van der Waals surface area contributed by atoms with E-state index in [1.807, 2.05) is 6.92 Å². The first-order valence-electron chi connectivity index (χ1n) is 5.77. The Kier molecular flexibility index (Phi) is 5.29. The molecule has 0 aliphatic carbocycles. The number of nitrogens with two attached hydrogens (primary N) is 2. The highest BCUT2D eigenvalue weighted by Crippen LogP contribution is 2.18. The highest BCUT2D eigenvalue weighted by molar-refractivity contribution is 7.89. The van der Waals surface area contributed by atoms with Gasteiger partial charge >= 0.3 is 0 Å². The Bertz CT molecular complexity index is 489. The first kappa shape index (κ1) is 14.7. The van der Waals surface area contributed by atoms with Crippen LogP contribution in [-0.4, -0.2) is 30.7 Å². The highest BCUT2D eigenvalue weighted by Gasteiger charge is 2.08. The van der Waals surface area contributed by atoms with Gasteiger partial charge in [0.2, 0.25) is 10.0 Å². The van der Waals surface area contributed by atoms with Crippen molar-refractivity contribution in [3.05, 3.63) is 11.9 Å². The largest absolute Gasteiger partial charge is 0.383 e. The molecule has 1 rings (SSSR count). The van der Waals surface area contributed by atoms with E-state index in [1.165, 1.54) is 6.33 Å². The summed E-state index contributed by atoms with van der Waals surface area (Å²) in [5.41, 5.74) is 6.64. The molecule has 7 nitrogen and oxygen atoms in total. The maximum absolute atomic E-state index is 10.8. The van der Waals surface area contributed by atoms with Crippen molar-refractivity contribution < 1.29 is 8.42 Å². The molecular formula is C10H19N5O2S. The second-order valence-electron chi connectivity index (χ2n) is 3.98. The predicted molar refractivity (Wildman–Crippen MR) is 71.5 cm³/mol. The van der Waals surface area contributed by atoms with Crippen molar-refractivity contribution in [2.24, 2.45) is 5.14 Å². The van der Waals surface area contributed by atoms with Crippen molar-refractivity contribution in [1.82, 2.24) is 9.97 Å². The number of nitrogen functional groups attached to an aromatic ring is 1. The van der Waals surface area contributed by atoms with Crippen LogP contribution in [0.25, 0.3) is 0 Å². The molecule has 5 N–H and O–H groups in total. The van der Waals surface area contributed by atoms with E-state index in [-0.39, 0.29) is 5.75 Å². The van der Waals surface area contributed by atoms with Gasteiger partial charge in [0.25, 0.3) is 0 Å². The molecule has 0 saturated carbocycles. The molecule has 0 radical (unpaired) electrons. The second-order valence-corrected chi connectivity index (χ2v) is 5.72. The molecule has 0 atom stereocenters. The third-order valence-electron chi connectivity index (χ3n) is 2.38. The molecular weight excluding hydrogens is 254 g/mol. The number of nitrogens with zero attached hydrogens (tertiary/aromatic N) is 2. The standard InChI is InChI=1S/C10H19N5O2S/c1-2-4-8-9(11)14-7-15-10(8)13-5-3-6-18(12,16)17/h7H,2-6H2,1H3,(H2,12,16,17)(H3,11,13,14,15). The first-order valence-corrected chi connectivity index (χ1v) is 7.49. The van der Waals surface area contributed by atoms with Crippen LogP contribution >= 0.6 is 0 Å². The van der Waals surface area contributed by atoms with Crippen molar-refractivity contribution >= 4 is 21.7 Å². The van der Waals surface area contributed by atoms with E-state index in [0.717, 1.165) is 18.4 Å². The SMILES string of the molecule is CCCc1c(N)ncnc1NCCCS(N)(=O)=O. The van der Waals surface area contributed by atoms with Gasteiger partial charge in [0, 0.05) is 12.1 Å². The van der Waals surface area contributed by atoms with Crippen molar-refractivity contribution in [2.45, 2.75) is 26.2 Å². The van der Waals surface area contributed by atoms with Crippen LogP contribution in [0.2, 0.25) is 0 Å². The van der Waals surface area contributed by atoms with E-state index >= 15 is 0 Å². The van der Waals surface area contributed by atoms with E-state index in [0.29, 0.717) is 24.6 Å². The Morgan fingerprint density at radius 1 is 1.39 bits per heavy atom. The average molecular weight is 273 g/mol. The van der Waals surface area contributed by atoms with E-state index in [1.54, 1.807) is 0 Å². The lowest BCUT2D eigenvalue weighted by molar-refractivity contribution is 0.595. The van der Waals surface area contributed by atoms with Crippen molar-refractivity contribution in [1.29, 1.82) is 0 Å². The summed E-state index contributed by atoms with van der Waals surface area (Å²) in [5.74, 6) is 1.07. The Hall–Kier alpha value is -1.41.